The summed E-state index contributed by atoms with van der Waals surface area (Å²) >= 11 is 25.2. The molecule has 164 valence electrons. The average molecular weight is 500 g/mol. The smallest absolute Gasteiger partial charge is 0.240 e. The highest BCUT2D eigenvalue weighted by Crippen LogP contribution is 2.31. The molecule has 0 atom stereocenters. The summed E-state index contributed by atoms with van der Waals surface area (Å²) in [6, 6.07) is 8.81. The Balaban J connectivity index is 1.59. The number of hydrogen-bond donors (Lipinski definition) is 1. The van der Waals surface area contributed by atoms with Crippen molar-refractivity contribution in [1.29, 1.82) is 0 Å². The van der Waals surface area contributed by atoms with Crippen molar-refractivity contribution in [3.05, 3.63) is 61.8 Å². The van der Waals surface area contributed by atoms with Crippen LogP contribution in [-0.4, -0.2) is 46.5 Å². The maximum Gasteiger partial charge on any atom is 0.240 e. The van der Waals surface area contributed by atoms with Gasteiger partial charge in [0.15, 0.2) is 0 Å². The molecular weight excluding hydrogens is 478 g/mol. The van der Waals surface area contributed by atoms with Crippen molar-refractivity contribution in [2.45, 2.75) is 25.8 Å². The number of likely N-dealkylation sites (tertiary alicyclic amines) is 1. The molecule has 4 rings (SSSR count). The van der Waals surface area contributed by atoms with Gasteiger partial charge in [-0.25, -0.2) is 4.98 Å². The maximum atomic E-state index is 12.7. The number of hydrogen-bond acceptors (Lipinski definition) is 3. The summed E-state index contributed by atoms with van der Waals surface area (Å²) in [7, 11) is 0. The zero-order valence-corrected chi connectivity index (χ0v) is 19.8. The number of benzene rings is 2. The van der Waals surface area contributed by atoms with E-state index in [0.717, 1.165) is 30.7 Å². The molecule has 0 radical (unpaired) electrons. The fraction of sp³-hybridized carbons (Fsp3) is 0.364. The molecule has 1 amide bonds. The number of aromatic nitrogens is 2. The summed E-state index contributed by atoms with van der Waals surface area (Å²) in [4.78, 5) is 19.8. The minimum atomic E-state index is -0.0870. The van der Waals surface area contributed by atoms with Crippen molar-refractivity contribution in [1.82, 2.24) is 19.8 Å². The predicted molar refractivity (Wildman–Crippen MR) is 128 cm³/mol. The van der Waals surface area contributed by atoms with Gasteiger partial charge in [-0.1, -0.05) is 52.5 Å². The first-order valence-corrected chi connectivity index (χ1v) is 11.7. The summed E-state index contributed by atoms with van der Waals surface area (Å²) in [6.45, 7) is 3.80. The molecular formula is C22H22Cl4N4O. The molecule has 3 aromatic rings. The number of rotatable bonds is 7. The number of nitrogens with zero attached hydrogens (tertiary/aromatic N) is 3. The van der Waals surface area contributed by atoms with Crippen LogP contribution >= 0.6 is 46.4 Å². The molecule has 0 aliphatic carbocycles. The van der Waals surface area contributed by atoms with E-state index < -0.39 is 0 Å². The highest BCUT2D eigenvalue weighted by molar-refractivity contribution is 6.42. The zero-order valence-electron chi connectivity index (χ0n) is 16.8. The minimum Gasteiger partial charge on any atom is -0.353 e. The van der Waals surface area contributed by atoms with E-state index in [9.17, 15) is 4.79 Å². The van der Waals surface area contributed by atoms with E-state index in [1.807, 2.05) is 4.57 Å². The second-order valence-electron chi connectivity index (χ2n) is 7.64. The Morgan fingerprint density at radius 3 is 2.39 bits per heavy atom. The zero-order chi connectivity index (χ0) is 22.0. The van der Waals surface area contributed by atoms with Gasteiger partial charge in [-0.3, -0.25) is 4.79 Å². The topological polar surface area (TPSA) is 50.2 Å². The van der Waals surface area contributed by atoms with Crippen molar-refractivity contribution >= 4 is 63.3 Å². The number of amides is 1. The molecule has 0 spiro atoms. The number of nitrogens with one attached hydrogen (secondary N) is 1. The molecule has 1 fully saturated rings. The monoisotopic (exact) mass is 498 g/mol. The molecule has 1 aliphatic heterocycles. The lowest BCUT2D eigenvalue weighted by atomic mass is 10.1. The number of carbonyl (C=O) groups excluding carboxylic acids is 1. The third-order valence-electron chi connectivity index (χ3n) is 5.52. The van der Waals surface area contributed by atoms with Gasteiger partial charge in [0.2, 0.25) is 5.91 Å². The van der Waals surface area contributed by atoms with E-state index in [4.69, 9.17) is 51.4 Å². The second-order valence-corrected chi connectivity index (χ2v) is 9.27. The molecule has 31 heavy (non-hydrogen) atoms. The molecule has 0 unspecified atom stereocenters. The van der Waals surface area contributed by atoms with Crippen LogP contribution in [0.2, 0.25) is 20.1 Å². The highest BCUT2D eigenvalue weighted by atomic mass is 35.5. The van der Waals surface area contributed by atoms with E-state index >= 15 is 0 Å². The number of carbonyl (C=O) groups is 1. The molecule has 1 aromatic heterocycles. The SMILES string of the molecule is O=C(Cn1c(Cc2c(Cl)cccc2Cl)nc2cc(Cl)c(Cl)cc21)NCCN1CCCC1. The molecule has 2 aromatic carbocycles. The summed E-state index contributed by atoms with van der Waals surface area (Å²) in [5.74, 6) is 0.578. The van der Waals surface area contributed by atoms with Crippen molar-refractivity contribution in [3.8, 4) is 0 Å². The van der Waals surface area contributed by atoms with E-state index in [1.54, 1.807) is 30.3 Å². The van der Waals surface area contributed by atoms with Gasteiger partial charge in [-0.15, -0.1) is 0 Å². The molecule has 1 aliphatic rings. The van der Waals surface area contributed by atoms with Crippen LogP contribution in [0.15, 0.2) is 30.3 Å². The van der Waals surface area contributed by atoms with E-state index in [1.165, 1.54) is 12.8 Å². The number of imidazole rings is 1. The van der Waals surface area contributed by atoms with Crippen LogP contribution in [0.4, 0.5) is 0 Å². The third-order valence-corrected chi connectivity index (χ3v) is 6.95. The Hall–Kier alpha value is -1.50. The second kappa shape index (κ2) is 9.97. The van der Waals surface area contributed by atoms with Gasteiger partial charge in [0, 0.05) is 29.6 Å². The quantitative estimate of drug-likeness (QED) is 0.470. The molecule has 9 heteroatoms. The van der Waals surface area contributed by atoms with Crippen LogP contribution < -0.4 is 5.32 Å². The van der Waals surface area contributed by atoms with Crippen LogP contribution in [0.1, 0.15) is 24.2 Å². The van der Waals surface area contributed by atoms with Gasteiger partial charge in [0.25, 0.3) is 0 Å². The van der Waals surface area contributed by atoms with Gasteiger partial charge < -0.3 is 14.8 Å². The first kappa shape index (κ1) is 22.7. The Kier molecular flexibility index (Phi) is 7.29. The van der Waals surface area contributed by atoms with Crippen LogP contribution in [0, 0.1) is 0 Å². The Labute approximate surface area is 201 Å². The summed E-state index contributed by atoms with van der Waals surface area (Å²) in [5, 5.41) is 4.94. The van der Waals surface area contributed by atoms with Gasteiger partial charge in [-0.2, -0.15) is 0 Å². The number of fused-ring (bicyclic) bond motifs is 1. The third kappa shape index (κ3) is 5.29. The summed E-state index contributed by atoms with van der Waals surface area (Å²) < 4.78 is 1.85. The molecule has 1 N–H and O–H groups in total. The fourth-order valence-electron chi connectivity index (χ4n) is 3.90. The van der Waals surface area contributed by atoms with Crippen molar-refractivity contribution in [2.24, 2.45) is 0 Å². The Bertz CT molecular complexity index is 1090. The van der Waals surface area contributed by atoms with Gasteiger partial charge in [-0.05, 0) is 55.8 Å². The Morgan fingerprint density at radius 2 is 1.68 bits per heavy atom. The van der Waals surface area contributed by atoms with Gasteiger partial charge >= 0.3 is 0 Å². The summed E-state index contributed by atoms with van der Waals surface area (Å²) in [5.41, 5.74) is 2.16. The molecule has 5 nitrogen and oxygen atoms in total. The fourth-order valence-corrected chi connectivity index (χ4v) is 4.75. The number of halogens is 4. The lowest BCUT2D eigenvalue weighted by molar-refractivity contribution is -0.121. The first-order chi connectivity index (χ1) is 14.9. The van der Waals surface area contributed by atoms with Crippen LogP contribution in [0.3, 0.4) is 0 Å². The van der Waals surface area contributed by atoms with Crippen molar-refractivity contribution in [2.75, 3.05) is 26.2 Å². The lowest BCUT2D eigenvalue weighted by Gasteiger charge is -2.15. The average Bonchev–Trinajstić information content (AvgIpc) is 3.34. The van der Waals surface area contributed by atoms with Crippen molar-refractivity contribution in [3.63, 3.8) is 0 Å². The Morgan fingerprint density at radius 1 is 1.00 bits per heavy atom. The first-order valence-electron chi connectivity index (χ1n) is 10.2. The van der Waals surface area contributed by atoms with E-state index in [0.29, 0.717) is 44.4 Å². The predicted octanol–water partition coefficient (Wildman–Crippen LogP) is 5.45. The standard InChI is InChI=1S/C22H22Cl4N4O/c23-15-4-3-5-16(24)14(15)10-21-28-19-11-17(25)18(26)12-20(19)30(21)13-22(31)27-6-9-29-7-1-2-8-29/h3-5,11-12H,1-2,6-10,13H2,(H,27,31). The minimum absolute atomic E-state index is 0.0870. The van der Waals surface area contributed by atoms with E-state index in [2.05, 4.69) is 10.2 Å². The molecule has 2 heterocycles. The highest BCUT2D eigenvalue weighted by Gasteiger charge is 2.18. The van der Waals surface area contributed by atoms with E-state index in [-0.39, 0.29) is 12.5 Å². The lowest BCUT2D eigenvalue weighted by Crippen LogP contribution is -2.35. The molecule has 1 saturated heterocycles. The molecule has 0 saturated carbocycles. The van der Waals surface area contributed by atoms with Gasteiger partial charge in [0.05, 0.1) is 21.1 Å². The van der Waals surface area contributed by atoms with Crippen LogP contribution in [-0.2, 0) is 17.8 Å². The van der Waals surface area contributed by atoms with Crippen molar-refractivity contribution < 1.29 is 4.79 Å². The van der Waals surface area contributed by atoms with Gasteiger partial charge in [0.1, 0.15) is 12.4 Å². The maximum absolute atomic E-state index is 12.7. The summed E-state index contributed by atoms with van der Waals surface area (Å²) in [6.07, 6.45) is 2.84. The molecule has 0 bridgehead atoms. The largest absolute Gasteiger partial charge is 0.353 e. The van der Waals surface area contributed by atoms with Crippen LogP contribution in [0.25, 0.3) is 11.0 Å². The van der Waals surface area contributed by atoms with Crippen LogP contribution in [0.5, 0.6) is 0 Å². The normalized spacial score (nSPS) is 14.5.